The highest BCUT2D eigenvalue weighted by Gasteiger charge is 2.17. The SMILES string of the molecule is CC(C)c1cc(Br)ccc1-c1ccc(Br)cc1CC(C)(C)C. The quantitative estimate of drug-likeness (QED) is 0.476. The van der Waals surface area contributed by atoms with Gasteiger partial charge in [0.15, 0.2) is 0 Å². The summed E-state index contributed by atoms with van der Waals surface area (Å²) in [7, 11) is 0. The summed E-state index contributed by atoms with van der Waals surface area (Å²) >= 11 is 7.24. The lowest BCUT2D eigenvalue weighted by Gasteiger charge is -2.22. The molecule has 0 unspecified atom stereocenters. The summed E-state index contributed by atoms with van der Waals surface area (Å²) in [5.41, 5.74) is 5.78. The first-order valence-electron chi connectivity index (χ1n) is 7.75. The highest BCUT2D eigenvalue weighted by molar-refractivity contribution is 9.10. The van der Waals surface area contributed by atoms with Crippen molar-refractivity contribution in [3.8, 4) is 11.1 Å². The largest absolute Gasteiger partial charge is 0.0599 e. The van der Waals surface area contributed by atoms with Crippen molar-refractivity contribution >= 4 is 31.9 Å². The molecule has 118 valence electrons. The van der Waals surface area contributed by atoms with E-state index in [0.717, 1.165) is 15.4 Å². The van der Waals surface area contributed by atoms with Gasteiger partial charge in [-0.05, 0) is 64.3 Å². The maximum Gasteiger partial charge on any atom is 0.0178 e. The monoisotopic (exact) mass is 422 g/mol. The summed E-state index contributed by atoms with van der Waals surface area (Å²) < 4.78 is 2.30. The van der Waals surface area contributed by atoms with Gasteiger partial charge in [-0.2, -0.15) is 0 Å². The number of rotatable bonds is 3. The van der Waals surface area contributed by atoms with Crippen molar-refractivity contribution in [1.82, 2.24) is 0 Å². The molecule has 0 radical (unpaired) electrons. The fraction of sp³-hybridized carbons (Fsp3) is 0.400. The van der Waals surface area contributed by atoms with Crippen LogP contribution >= 0.6 is 31.9 Å². The Balaban J connectivity index is 2.62. The molecule has 0 amide bonds. The van der Waals surface area contributed by atoms with Crippen LogP contribution in [0.3, 0.4) is 0 Å². The lowest BCUT2D eigenvalue weighted by Crippen LogP contribution is -2.10. The van der Waals surface area contributed by atoms with E-state index in [-0.39, 0.29) is 5.41 Å². The third-order valence-corrected chi connectivity index (χ3v) is 4.70. The maximum absolute atomic E-state index is 3.63. The summed E-state index contributed by atoms with van der Waals surface area (Å²) in [6.07, 6.45) is 1.06. The molecule has 2 rings (SSSR count). The fourth-order valence-corrected chi connectivity index (χ4v) is 3.59. The molecular weight excluding hydrogens is 400 g/mol. The second-order valence-electron chi connectivity index (χ2n) is 7.43. The molecule has 0 fully saturated rings. The third-order valence-electron chi connectivity index (χ3n) is 3.71. The number of halogens is 2. The molecule has 0 nitrogen and oxygen atoms in total. The summed E-state index contributed by atoms with van der Waals surface area (Å²) in [6, 6.07) is 13.3. The Hall–Kier alpha value is -0.600. The van der Waals surface area contributed by atoms with E-state index < -0.39 is 0 Å². The van der Waals surface area contributed by atoms with Gasteiger partial charge in [-0.3, -0.25) is 0 Å². The zero-order valence-electron chi connectivity index (χ0n) is 14.0. The minimum atomic E-state index is 0.267. The van der Waals surface area contributed by atoms with Crippen molar-refractivity contribution in [2.24, 2.45) is 5.41 Å². The van der Waals surface area contributed by atoms with Gasteiger partial charge in [0.25, 0.3) is 0 Å². The average molecular weight is 424 g/mol. The molecule has 2 heteroatoms. The van der Waals surface area contributed by atoms with Crippen molar-refractivity contribution in [3.05, 3.63) is 56.5 Å². The zero-order chi connectivity index (χ0) is 16.5. The van der Waals surface area contributed by atoms with Crippen molar-refractivity contribution in [2.45, 2.75) is 47.0 Å². The van der Waals surface area contributed by atoms with Gasteiger partial charge in [-0.1, -0.05) is 78.6 Å². The van der Waals surface area contributed by atoms with E-state index in [1.807, 2.05) is 0 Å². The molecule has 22 heavy (non-hydrogen) atoms. The Kier molecular flexibility index (Phi) is 5.55. The van der Waals surface area contributed by atoms with Gasteiger partial charge >= 0.3 is 0 Å². The van der Waals surface area contributed by atoms with Gasteiger partial charge in [-0.25, -0.2) is 0 Å². The van der Waals surface area contributed by atoms with Crippen molar-refractivity contribution in [2.75, 3.05) is 0 Å². The van der Waals surface area contributed by atoms with Gasteiger partial charge in [0.2, 0.25) is 0 Å². The molecule has 0 saturated heterocycles. The first-order chi connectivity index (χ1) is 10.2. The lowest BCUT2D eigenvalue weighted by molar-refractivity contribution is 0.411. The minimum absolute atomic E-state index is 0.267. The Morgan fingerprint density at radius 3 is 1.95 bits per heavy atom. The molecule has 2 aromatic carbocycles. The van der Waals surface area contributed by atoms with Crippen molar-refractivity contribution in [1.29, 1.82) is 0 Å². The van der Waals surface area contributed by atoms with E-state index in [2.05, 4.69) is 103 Å². The van der Waals surface area contributed by atoms with Gasteiger partial charge in [0.1, 0.15) is 0 Å². The van der Waals surface area contributed by atoms with E-state index in [0.29, 0.717) is 5.92 Å². The Bertz CT molecular complexity index is 664. The summed E-state index contributed by atoms with van der Waals surface area (Å²) in [4.78, 5) is 0. The predicted molar refractivity (Wildman–Crippen MR) is 105 cm³/mol. The highest BCUT2D eigenvalue weighted by atomic mass is 79.9. The molecule has 0 atom stereocenters. The smallest absolute Gasteiger partial charge is 0.0178 e. The van der Waals surface area contributed by atoms with Crippen LogP contribution in [0.2, 0.25) is 0 Å². The molecule has 0 aliphatic rings. The molecule has 0 aliphatic heterocycles. The number of hydrogen-bond donors (Lipinski definition) is 0. The predicted octanol–water partition coefficient (Wildman–Crippen LogP) is 7.59. The van der Waals surface area contributed by atoms with Crippen molar-refractivity contribution < 1.29 is 0 Å². The Morgan fingerprint density at radius 1 is 0.864 bits per heavy atom. The standard InChI is InChI=1S/C20H24Br2/c1-13(2)19-11-16(22)7-9-18(19)17-8-6-15(21)10-14(17)12-20(3,4)5/h6-11,13H,12H2,1-5H3. The molecule has 0 saturated carbocycles. The first-order valence-corrected chi connectivity index (χ1v) is 9.34. The highest BCUT2D eigenvalue weighted by Crippen LogP contribution is 2.36. The van der Waals surface area contributed by atoms with Crippen LogP contribution in [-0.2, 0) is 6.42 Å². The van der Waals surface area contributed by atoms with Gasteiger partial charge in [0, 0.05) is 8.95 Å². The van der Waals surface area contributed by atoms with Crippen LogP contribution in [-0.4, -0.2) is 0 Å². The van der Waals surface area contributed by atoms with Crippen molar-refractivity contribution in [3.63, 3.8) is 0 Å². The van der Waals surface area contributed by atoms with Crippen LogP contribution in [0.4, 0.5) is 0 Å². The molecule has 0 heterocycles. The van der Waals surface area contributed by atoms with E-state index in [1.54, 1.807) is 0 Å². The number of benzene rings is 2. The Labute approximate surface area is 151 Å². The topological polar surface area (TPSA) is 0 Å². The molecule has 2 aromatic rings. The fourth-order valence-electron chi connectivity index (χ4n) is 2.80. The lowest BCUT2D eigenvalue weighted by atomic mass is 9.83. The van der Waals surface area contributed by atoms with Crippen LogP contribution in [0.5, 0.6) is 0 Å². The van der Waals surface area contributed by atoms with Crippen LogP contribution < -0.4 is 0 Å². The van der Waals surface area contributed by atoms with Gasteiger partial charge in [0.05, 0.1) is 0 Å². The molecule has 0 aliphatic carbocycles. The van der Waals surface area contributed by atoms with E-state index >= 15 is 0 Å². The average Bonchev–Trinajstić information content (AvgIpc) is 2.37. The zero-order valence-corrected chi connectivity index (χ0v) is 17.2. The van der Waals surface area contributed by atoms with Crippen LogP contribution in [0.25, 0.3) is 11.1 Å². The summed E-state index contributed by atoms with van der Waals surface area (Å²) in [6.45, 7) is 11.4. The summed E-state index contributed by atoms with van der Waals surface area (Å²) in [5, 5.41) is 0. The van der Waals surface area contributed by atoms with E-state index in [9.17, 15) is 0 Å². The molecular formula is C20H24Br2. The summed E-state index contributed by atoms with van der Waals surface area (Å²) in [5.74, 6) is 0.499. The van der Waals surface area contributed by atoms with Gasteiger partial charge < -0.3 is 0 Å². The van der Waals surface area contributed by atoms with E-state index in [1.165, 1.54) is 22.3 Å². The van der Waals surface area contributed by atoms with Gasteiger partial charge in [-0.15, -0.1) is 0 Å². The maximum atomic E-state index is 3.63. The second-order valence-corrected chi connectivity index (χ2v) is 9.26. The third kappa shape index (κ3) is 4.45. The number of hydrogen-bond acceptors (Lipinski definition) is 0. The van der Waals surface area contributed by atoms with Crippen LogP contribution in [0.1, 0.15) is 51.7 Å². The first kappa shape index (κ1) is 17.7. The normalized spacial score (nSPS) is 12.0. The second kappa shape index (κ2) is 6.88. The minimum Gasteiger partial charge on any atom is -0.0599 e. The molecule has 0 N–H and O–H groups in total. The van der Waals surface area contributed by atoms with E-state index in [4.69, 9.17) is 0 Å². The van der Waals surface area contributed by atoms with Crippen LogP contribution in [0.15, 0.2) is 45.3 Å². The Morgan fingerprint density at radius 2 is 1.41 bits per heavy atom. The molecule has 0 spiro atoms. The molecule has 0 bridgehead atoms. The molecule has 0 aromatic heterocycles. The van der Waals surface area contributed by atoms with Crippen LogP contribution in [0, 0.1) is 5.41 Å².